The minimum atomic E-state index is -0.589. The van der Waals surface area contributed by atoms with Crippen molar-refractivity contribution in [1.29, 1.82) is 0 Å². The van der Waals surface area contributed by atoms with Gasteiger partial charge in [-0.1, -0.05) is 43.5 Å². The van der Waals surface area contributed by atoms with E-state index < -0.39 is 5.72 Å². The van der Waals surface area contributed by atoms with Gasteiger partial charge in [-0.05, 0) is 42.0 Å². The first-order valence-electron chi connectivity index (χ1n) is 10.2. The lowest BCUT2D eigenvalue weighted by Gasteiger charge is -2.49. The van der Waals surface area contributed by atoms with E-state index in [1.807, 2.05) is 18.5 Å². The summed E-state index contributed by atoms with van der Waals surface area (Å²) in [6.45, 7) is 0. The Balaban J connectivity index is 1.61. The topological polar surface area (TPSA) is 37.7 Å². The Hall–Kier alpha value is -2.88. The molecule has 0 bridgehead atoms. The van der Waals surface area contributed by atoms with E-state index in [0.29, 0.717) is 0 Å². The van der Waals surface area contributed by atoms with Gasteiger partial charge in [-0.25, -0.2) is 0 Å². The number of hydrogen-bond acceptors (Lipinski definition) is 4. The first kappa shape index (κ1) is 16.1. The zero-order valence-corrected chi connectivity index (χ0v) is 16.1. The molecule has 1 aliphatic carbocycles. The standard InChI is InChI=1S/C24H23N3O/c1-27-21-8-4-3-7-19(21)23(12-5-2-6-13-23)24(27)16-26-20-10-9-17-11-14-25-15-18(17)22(20)28-24/h3-4,7-11,14-16H,2,5-6,12-13H2,1H3. The summed E-state index contributed by atoms with van der Waals surface area (Å²) < 4.78 is 7.02. The highest BCUT2D eigenvalue weighted by atomic mass is 16.5. The number of hydrogen-bond donors (Lipinski definition) is 0. The van der Waals surface area contributed by atoms with Crippen LogP contribution >= 0.6 is 0 Å². The number of aliphatic imine (C=N–C) groups is 1. The molecule has 1 atom stereocenters. The number of fused-ring (bicyclic) bond motifs is 6. The predicted octanol–water partition coefficient (Wildman–Crippen LogP) is 5.38. The van der Waals surface area contributed by atoms with Gasteiger partial charge in [0.25, 0.3) is 0 Å². The van der Waals surface area contributed by atoms with E-state index in [2.05, 4.69) is 59.5 Å². The van der Waals surface area contributed by atoms with Crippen molar-refractivity contribution in [2.75, 3.05) is 11.9 Å². The van der Waals surface area contributed by atoms with Gasteiger partial charge in [0, 0.05) is 30.5 Å². The number of ether oxygens (including phenoxy) is 1. The van der Waals surface area contributed by atoms with Gasteiger partial charge in [-0.2, -0.15) is 0 Å². The van der Waals surface area contributed by atoms with Crippen molar-refractivity contribution >= 4 is 28.4 Å². The SMILES string of the molecule is CN1c2ccccc2C2(CCCCC2)C12C=Nc1ccc3ccncc3c1O2. The van der Waals surface area contributed by atoms with Crippen LogP contribution < -0.4 is 9.64 Å². The molecule has 28 heavy (non-hydrogen) atoms. The van der Waals surface area contributed by atoms with Gasteiger partial charge in [0.05, 0.1) is 11.6 Å². The lowest BCUT2D eigenvalue weighted by atomic mass is 9.64. The fourth-order valence-corrected chi connectivity index (χ4v) is 5.69. The predicted molar refractivity (Wildman–Crippen MR) is 113 cm³/mol. The van der Waals surface area contributed by atoms with Crippen LogP contribution in [0.3, 0.4) is 0 Å². The molecule has 2 aromatic carbocycles. The first-order chi connectivity index (χ1) is 13.8. The first-order valence-corrected chi connectivity index (χ1v) is 10.2. The molecule has 1 aromatic heterocycles. The summed E-state index contributed by atoms with van der Waals surface area (Å²) in [5, 5.41) is 2.17. The van der Waals surface area contributed by atoms with Gasteiger partial charge in [-0.3, -0.25) is 9.98 Å². The summed E-state index contributed by atoms with van der Waals surface area (Å²) in [6, 6.07) is 15.0. The number of anilines is 1. The summed E-state index contributed by atoms with van der Waals surface area (Å²) in [7, 11) is 2.16. The zero-order chi connectivity index (χ0) is 18.8. The number of nitrogens with zero attached hydrogens (tertiary/aromatic N) is 3. The zero-order valence-electron chi connectivity index (χ0n) is 16.1. The Bertz CT molecular complexity index is 1120. The maximum absolute atomic E-state index is 7.02. The Kier molecular flexibility index (Phi) is 3.20. The van der Waals surface area contributed by atoms with Crippen molar-refractivity contribution in [3.8, 4) is 5.75 Å². The second-order valence-electron chi connectivity index (χ2n) is 8.29. The van der Waals surface area contributed by atoms with E-state index in [0.717, 1.165) is 35.1 Å². The molecule has 0 saturated heterocycles. The van der Waals surface area contributed by atoms with E-state index in [9.17, 15) is 0 Å². The van der Waals surface area contributed by atoms with E-state index in [4.69, 9.17) is 9.73 Å². The number of rotatable bonds is 0. The summed E-state index contributed by atoms with van der Waals surface area (Å²) in [5.74, 6) is 0.859. The molecule has 0 radical (unpaired) electrons. The molecule has 2 aliphatic heterocycles. The van der Waals surface area contributed by atoms with Gasteiger partial charge in [-0.15, -0.1) is 0 Å². The Morgan fingerprint density at radius 3 is 2.75 bits per heavy atom. The number of aromatic nitrogens is 1. The van der Waals surface area contributed by atoms with Crippen molar-refractivity contribution in [3.63, 3.8) is 0 Å². The van der Waals surface area contributed by atoms with Crippen molar-refractivity contribution < 1.29 is 4.74 Å². The second-order valence-corrected chi connectivity index (χ2v) is 8.29. The van der Waals surface area contributed by atoms with Crippen LogP contribution in [0.5, 0.6) is 5.75 Å². The van der Waals surface area contributed by atoms with Crippen LogP contribution in [0.25, 0.3) is 10.8 Å². The molecule has 4 heteroatoms. The van der Waals surface area contributed by atoms with Crippen LogP contribution in [0.4, 0.5) is 11.4 Å². The molecule has 1 saturated carbocycles. The molecule has 6 rings (SSSR count). The largest absolute Gasteiger partial charge is 0.459 e. The maximum atomic E-state index is 7.02. The van der Waals surface area contributed by atoms with E-state index >= 15 is 0 Å². The van der Waals surface area contributed by atoms with Gasteiger partial charge in [0.1, 0.15) is 5.69 Å². The van der Waals surface area contributed by atoms with Crippen molar-refractivity contribution in [2.45, 2.75) is 43.2 Å². The van der Waals surface area contributed by atoms with Gasteiger partial charge in [0.15, 0.2) is 5.75 Å². The molecule has 3 aliphatic rings. The third kappa shape index (κ3) is 1.85. The third-order valence-electron chi connectivity index (χ3n) is 7.06. The van der Waals surface area contributed by atoms with Crippen molar-refractivity contribution in [1.82, 2.24) is 4.98 Å². The monoisotopic (exact) mass is 369 g/mol. The fourth-order valence-electron chi connectivity index (χ4n) is 5.69. The minimum absolute atomic E-state index is 0.0673. The summed E-state index contributed by atoms with van der Waals surface area (Å²) >= 11 is 0. The molecule has 140 valence electrons. The number of para-hydroxylation sites is 1. The smallest absolute Gasteiger partial charge is 0.229 e. The highest BCUT2D eigenvalue weighted by Gasteiger charge is 2.63. The van der Waals surface area contributed by atoms with Gasteiger partial charge < -0.3 is 9.64 Å². The number of benzene rings is 2. The van der Waals surface area contributed by atoms with Crippen LogP contribution in [-0.4, -0.2) is 24.0 Å². The minimum Gasteiger partial charge on any atom is -0.459 e. The van der Waals surface area contributed by atoms with Crippen LogP contribution in [0, 0.1) is 0 Å². The molecule has 1 fully saturated rings. The van der Waals surface area contributed by atoms with Crippen molar-refractivity contribution in [3.05, 3.63) is 60.4 Å². The molecule has 3 heterocycles. The normalized spacial score (nSPS) is 24.4. The highest BCUT2D eigenvalue weighted by molar-refractivity contribution is 5.96. The molecular weight excluding hydrogens is 346 g/mol. The lowest BCUT2D eigenvalue weighted by Crippen LogP contribution is -2.63. The summed E-state index contributed by atoms with van der Waals surface area (Å²) in [5.41, 5.74) is 2.90. The Morgan fingerprint density at radius 1 is 1.00 bits per heavy atom. The van der Waals surface area contributed by atoms with E-state index in [1.165, 1.54) is 30.5 Å². The lowest BCUT2D eigenvalue weighted by molar-refractivity contribution is 0.0412. The van der Waals surface area contributed by atoms with Crippen LogP contribution in [0.15, 0.2) is 59.9 Å². The van der Waals surface area contributed by atoms with Gasteiger partial charge in [0.2, 0.25) is 5.72 Å². The molecular formula is C24H23N3O. The fraction of sp³-hybridized carbons (Fsp3) is 0.333. The van der Waals surface area contributed by atoms with Crippen LogP contribution in [0.2, 0.25) is 0 Å². The summed E-state index contributed by atoms with van der Waals surface area (Å²) in [4.78, 5) is 11.6. The molecule has 0 N–H and O–H groups in total. The average molecular weight is 369 g/mol. The Morgan fingerprint density at radius 2 is 1.86 bits per heavy atom. The number of likely N-dealkylation sites (N-methyl/N-ethyl adjacent to an activating group) is 1. The molecule has 2 spiro atoms. The van der Waals surface area contributed by atoms with E-state index in [-0.39, 0.29) is 5.41 Å². The quantitative estimate of drug-likeness (QED) is 0.534. The van der Waals surface area contributed by atoms with Crippen LogP contribution in [-0.2, 0) is 5.41 Å². The summed E-state index contributed by atoms with van der Waals surface area (Å²) in [6.07, 6.45) is 11.8. The van der Waals surface area contributed by atoms with Crippen LogP contribution in [0.1, 0.15) is 37.7 Å². The highest BCUT2D eigenvalue weighted by Crippen LogP contribution is 2.59. The van der Waals surface area contributed by atoms with Crippen molar-refractivity contribution in [2.24, 2.45) is 4.99 Å². The molecule has 1 unspecified atom stereocenters. The molecule has 3 aromatic rings. The van der Waals surface area contributed by atoms with E-state index in [1.54, 1.807) is 0 Å². The van der Waals surface area contributed by atoms with Gasteiger partial charge >= 0.3 is 0 Å². The average Bonchev–Trinajstić information content (AvgIpc) is 2.95. The maximum Gasteiger partial charge on any atom is 0.229 e. The second kappa shape index (κ2) is 5.57. The number of pyridine rings is 1. The third-order valence-corrected chi connectivity index (χ3v) is 7.06. The Labute approximate surface area is 164 Å². The molecule has 4 nitrogen and oxygen atoms in total. The molecule has 0 amide bonds.